The summed E-state index contributed by atoms with van der Waals surface area (Å²) in [4.78, 5) is 11.9. The average molecular weight is 313 g/mol. The van der Waals surface area contributed by atoms with Crippen molar-refractivity contribution < 1.29 is 14.3 Å². The third kappa shape index (κ3) is 9.02. The smallest absolute Gasteiger partial charge is 0.407 e. The number of nitrogens with two attached hydrogens (primary N) is 1. The van der Waals surface area contributed by atoms with Gasteiger partial charge in [0.05, 0.1) is 13.2 Å². The van der Waals surface area contributed by atoms with Crippen molar-refractivity contribution in [1.82, 2.24) is 10.7 Å². The van der Waals surface area contributed by atoms with E-state index in [2.05, 4.69) is 22.9 Å². The Morgan fingerprint density at radius 2 is 2.09 bits per heavy atom. The van der Waals surface area contributed by atoms with Crippen LogP contribution in [-0.4, -0.2) is 38.5 Å². The zero-order chi connectivity index (χ0) is 16.3. The maximum Gasteiger partial charge on any atom is 0.407 e. The summed E-state index contributed by atoms with van der Waals surface area (Å²) in [7, 11) is 0. The molecule has 1 atom stereocenters. The van der Waals surface area contributed by atoms with Gasteiger partial charge in [0.1, 0.15) is 6.10 Å². The molecule has 6 heteroatoms. The molecule has 0 aromatic rings. The van der Waals surface area contributed by atoms with Gasteiger partial charge in [0.25, 0.3) is 0 Å². The van der Waals surface area contributed by atoms with Crippen molar-refractivity contribution in [1.29, 1.82) is 0 Å². The molecule has 1 rings (SSSR count). The minimum Gasteiger partial charge on any atom is -0.446 e. The second kappa shape index (κ2) is 10.6. The lowest BCUT2D eigenvalue weighted by Gasteiger charge is -2.25. The van der Waals surface area contributed by atoms with Gasteiger partial charge in [0.15, 0.2) is 0 Å². The van der Waals surface area contributed by atoms with E-state index < -0.39 is 0 Å². The molecule has 1 unspecified atom stereocenters. The molecule has 1 aliphatic rings. The number of allylic oxidation sites excluding steroid dienone is 2. The van der Waals surface area contributed by atoms with Gasteiger partial charge in [-0.05, 0) is 32.1 Å². The van der Waals surface area contributed by atoms with E-state index in [1.165, 1.54) is 0 Å². The highest BCUT2D eigenvalue weighted by molar-refractivity contribution is 5.67. The van der Waals surface area contributed by atoms with Gasteiger partial charge in [-0.1, -0.05) is 26.0 Å². The molecule has 0 aliphatic heterocycles. The van der Waals surface area contributed by atoms with Gasteiger partial charge in [-0.2, -0.15) is 0 Å². The van der Waals surface area contributed by atoms with Gasteiger partial charge in [-0.25, -0.2) is 4.79 Å². The molecular weight excluding hydrogens is 282 g/mol. The highest BCUT2D eigenvalue weighted by atomic mass is 16.6. The number of ether oxygens (including phenoxy) is 2. The van der Waals surface area contributed by atoms with Crippen LogP contribution in [0.2, 0.25) is 0 Å². The molecule has 0 bridgehead atoms. The molecule has 0 aromatic heterocycles. The van der Waals surface area contributed by atoms with Gasteiger partial charge < -0.3 is 14.8 Å². The lowest BCUT2D eigenvalue weighted by molar-refractivity contribution is 0.0560. The van der Waals surface area contributed by atoms with Crippen molar-refractivity contribution in [2.24, 2.45) is 11.3 Å². The molecule has 0 saturated carbocycles. The topological polar surface area (TPSA) is 85.6 Å². The first-order valence-corrected chi connectivity index (χ1v) is 8.14. The van der Waals surface area contributed by atoms with E-state index in [1.54, 1.807) is 0 Å². The molecule has 0 saturated heterocycles. The summed E-state index contributed by atoms with van der Waals surface area (Å²) >= 11 is 0. The Bertz CT molecular complexity index is 346. The van der Waals surface area contributed by atoms with Gasteiger partial charge in [0, 0.05) is 18.5 Å². The van der Waals surface area contributed by atoms with E-state index in [9.17, 15) is 4.79 Å². The molecule has 4 N–H and O–H groups in total. The number of rotatable bonds is 8. The van der Waals surface area contributed by atoms with Crippen LogP contribution >= 0.6 is 0 Å². The highest BCUT2D eigenvalue weighted by Crippen LogP contribution is 2.17. The molecule has 22 heavy (non-hydrogen) atoms. The second-order valence-electron chi connectivity index (χ2n) is 6.53. The zero-order valence-corrected chi connectivity index (χ0v) is 13.9. The van der Waals surface area contributed by atoms with Crippen LogP contribution in [0.5, 0.6) is 0 Å². The minimum absolute atomic E-state index is 0.0277. The fraction of sp³-hybridized carbons (Fsp3) is 0.812. The number of carbonyl (C=O) groups is 1. The van der Waals surface area contributed by atoms with Crippen LogP contribution in [0.1, 0.15) is 46.0 Å². The first-order valence-electron chi connectivity index (χ1n) is 8.14. The van der Waals surface area contributed by atoms with Gasteiger partial charge in [0.2, 0.25) is 0 Å². The minimum atomic E-state index is -0.328. The SMILES string of the molecule is CC(C)(CNC(=O)OC1CC/C=C/CCC1)COCCNN. The van der Waals surface area contributed by atoms with Crippen LogP contribution in [0.3, 0.4) is 0 Å². The number of amides is 1. The Morgan fingerprint density at radius 1 is 1.32 bits per heavy atom. The standard InChI is InChI=1S/C16H31N3O3/c1-16(2,13-21-11-10-19-17)12-18-15(20)22-14-8-6-4-3-5-7-9-14/h3-4,14,19H,5-13,17H2,1-2H3,(H,18,20)/b4-3+. The van der Waals surface area contributed by atoms with E-state index >= 15 is 0 Å². The van der Waals surface area contributed by atoms with Crippen LogP contribution in [0.15, 0.2) is 12.2 Å². The summed E-state index contributed by atoms with van der Waals surface area (Å²) in [6.45, 7) is 6.34. The summed E-state index contributed by atoms with van der Waals surface area (Å²) in [6.07, 6.45) is 9.05. The first kappa shape index (κ1) is 18.9. The van der Waals surface area contributed by atoms with Gasteiger partial charge in [-0.15, -0.1) is 0 Å². The van der Waals surface area contributed by atoms with Crippen molar-refractivity contribution in [3.63, 3.8) is 0 Å². The molecule has 6 nitrogen and oxygen atoms in total. The summed E-state index contributed by atoms with van der Waals surface area (Å²) in [5.41, 5.74) is 2.40. The van der Waals surface area contributed by atoms with E-state index in [4.69, 9.17) is 15.3 Å². The number of hydrazine groups is 1. The Labute approximate surface area is 133 Å². The number of hydrogen-bond donors (Lipinski definition) is 3. The molecule has 0 heterocycles. The maximum atomic E-state index is 11.9. The van der Waals surface area contributed by atoms with Crippen LogP contribution in [0, 0.1) is 5.41 Å². The summed E-state index contributed by atoms with van der Waals surface area (Å²) in [5, 5.41) is 2.85. The monoisotopic (exact) mass is 313 g/mol. The van der Waals surface area contributed by atoms with E-state index in [0.29, 0.717) is 26.3 Å². The van der Waals surface area contributed by atoms with Crippen molar-refractivity contribution in [3.8, 4) is 0 Å². The molecule has 0 radical (unpaired) electrons. The second-order valence-corrected chi connectivity index (χ2v) is 6.53. The number of nitrogens with one attached hydrogen (secondary N) is 2. The van der Waals surface area contributed by atoms with E-state index in [0.717, 1.165) is 32.1 Å². The Balaban J connectivity index is 2.21. The lowest BCUT2D eigenvalue weighted by atomic mass is 9.95. The first-order chi connectivity index (χ1) is 10.5. The fourth-order valence-electron chi connectivity index (χ4n) is 2.28. The van der Waals surface area contributed by atoms with Crippen molar-refractivity contribution in [2.75, 3.05) is 26.3 Å². The Hall–Kier alpha value is -1.11. The van der Waals surface area contributed by atoms with E-state index in [-0.39, 0.29) is 17.6 Å². The number of hydrogen-bond acceptors (Lipinski definition) is 5. The lowest BCUT2D eigenvalue weighted by Crippen LogP contribution is -2.39. The number of alkyl carbamates (subject to hydrolysis) is 1. The molecule has 128 valence electrons. The van der Waals surface area contributed by atoms with Gasteiger partial charge >= 0.3 is 6.09 Å². The Kier molecular flexibility index (Phi) is 9.11. The van der Waals surface area contributed by atoms with Crippen molar-refractivity contribution in [3.05, 3.63) is 12.2 Å². The molecule has 0 aromatic carbocycles. The average Bonchev–Trinajstić information content (AvgIpc) is 2.44. The normalized spacial score (nSPS) is 20.8. The highest BCUT2D eigenvalue weighted by Gasteiger charge is 2.21. The van der Waals surface area contributed by atoms with Crippen molar-refractivity contribution in [2.45, 2.75) is 52.1 Å². The molecule has 0 fully saturated rings. The molecule has 0 spiro atoms. The maximum absolute atomic E-state index is 11.9. The zero-order valence-electron chi connectivity index (χ0n) is 13.9. The van der Waals surface area contributed by atoms with Crippen LogP contribution in [0.4, 0.5) is 4.79 Å². The predicted molar refractivity (Wildman–Crippen MR) is 87.3 cm³/mol. The summed E-state index contributed by atoms with van der Waals surface area (Å²) in [5.74, 6) is 5.18. The van der Waals surface area contributed by atoms with Crippen LogP contribution in [0.25, 0.3) is 0 Å². The summed E-state index contributed by atoms with van der Waals surface area (Å²) < 4.78 is 11.0. The predicted octanol–water partition coefficient (Wildman–Crippen LogP) is 2.11. The largest absolute Gasteiger partial charge is 0.446 e. The van der Waals surface area contributed by atoms with Crippen LogP contribution in [-0.2, 0) is 9.47 Å². The van der Waals surface area contributed by atoms with Gasteiger partial charge in [-0.3, -0.25) is 11.3 Å². The summed E-state index contributed by atoms with van der Waals surface area (Å²) in [6, 6.07) is 0. The quantitative estimate of drug-likeness (QED) is 0.276. The molecule has 1 amide bonds. The third-order valence-electron chi connectivity index (χ3n) is 3.59. The fourth-order valence-corrected chi connectivity index (χ4v) is 2.28. The van der Waals surface area contributed by atoms with E-state index in [1.807, 2.05) is 13.8 Å². The number of carbonyl (C=O) groups excluding carboxylic acids is 1. The molecular formula is C16H31N3O3. The van der Waals surface area contributed by atoms with Crippen LogP contribution < -0.4 is 16.6 Å². The Morgan fingerprint density at radius 3 is 2.86 bits per heavy atom. The molecule has 1 aliphatic carbocycles. The van der Waals surface area contributed by atoms with Crippen molar-refractivity contribution >= 4 is 6.09 Å². The third-order valence-corrected chi connectivity index (χ3v) is 3.59.